The van der Waals surface area contributed by atoms with Crippen molar-refractivity contribution in [2.45, 2.75) is 49.2 Å². The number of hydrogen-bond donors (Lipinski definition) is 1. The average Bonchev–Trinajstić information content (AvgIpc) is 3.07. The molecule has 5 rings (SSSR count). The Morgan fingerprint density at radius 3 is 1.81 bits per heavy atom. The van der Waals surface area contributed by atoms with Crippen LogP contribution in [0, 0.1) is 0 Å². The smallest absolute Gasteiger partial charge is 0.0636 e. The number of rotatable bonds is 5. The molecule has 2 unspecified atom stereocenters. The van der Waals surface area contributed by atoms with E-state index in [0.29, 0.717) is 12.1 Å². The van der Waals surface area contributed by atoms with E-state index in [1.165, 1.54) is 5.56 Å². The first-order chi connectivity index (χ1) is 15.6. The number of piperidine rings is 1. The normalized spacial score (nSPS) is 25.6. The number of halogens is 2. The molecule has 2 heterocycles. The Balaban J connectivity index is 1.59. The van der Waals surface area contributed by atoms with Crippen molar-refractivity contribution in [1.29, 1.82) is 0 Å². The van der Waals surface area contributed by atoms with Gasteiger partial charge in [-0.25, -0.2) is 0 Å². The van der Waals surface area contributed by atoms with Gasteiger partial charge in [-0.05, 0) is 54.5 Å². The van der Waals surface area contributed by atoms with Crippen LogP contribution < -0.4 is 0 Å². The van der Waals surface area contributed by atoms with Crippen LogP contribution in [0.4, 0.5) is 0 Å². The van der Waals surface area contributed by atoms with Crippen molar-refractivity contribution in [3.63, 3.8) is 0 Å². The van der Waals surface area contributed by atoms with Gasteiger partial charge < -0.3 is 5.21 Å². The van der Waals surface area contributed by atoms with Crippen LogP contribution in [-0.2, 0) is 5.41 Å². The van der Waals surface area contributed by atoms with Crippen LogP contribution in [0.3, 0.4) is 0 Å². The van der Waals surface area contributed by atoms with Gasteiger partial charge in [0, 0.05) is 27.5 Å². The maximum Gasteiger partial charge on any atom is 0.0636 e. The highest BCUT2D eigenvalue weighted by atomic mass is 35.5. The summed E-state index contributed by atoms with van der Waals surface area (Å²) in [6.07, 6.45) is 5.74. The molecule has 3 nitrogen and oxygen atoms in total. The zero-order chi connectivity index (χ0) is 22.1. The third-order valence-corrected chi connectivity index (χ3v) is 7.92. The Morgan fingerprint density at radius 1 is 0.812 bits per heavy atom. The van der Waals surface area contributed by atoms with Gasteiger partial charge in [-0.3, -0.25) is 4.90 Å². The fourth-order valence-electron chi connectivity index (χ4n) is 5.92. The molecule has 1 N–H and O–H groups in total. The molecule has 2 aliphatic rings. The minimum atomic E-state index is -0.274. The predicted octanol–water partition coefficient (Wildman–Crippen LogP) is 7.11. The third-order valence-electron chi connectivity index (χ3n) is 7.23. The molecule has 2 fully saturated rings. The highest BCUT2D eigenvalue weighted by Crippen LogP contribution is 2.52. The van der Waals surface area contributed by atoms with Crippen molar-refractivity contribution in [3.8, 4) is 0 Å². The number of oxime groups is 1. The summed E-state index contributed by atoms with van der Waals surface area (Å²) in [5.41, 5.74) is 3.11. The van der Waals surface area contributed by atoms with E-state index in [2.05, 4.69) is 46.5 Å². The van der Waals surface area contributed by atoms with Gasteiger partial charge in [0.25, 0.3) is 0 Å². The van der Waals surface area contributed by atoms with Gasteiger partial charge in [0.05, 0.1) is 12.3 Å². The lowest BCUT2D eigenvalue weighted by Crippen LogP contribution is -2.51. The van der Waals surface area contributed by atoms with Gasteiger partial charge >= 0.3 is 0 Å². The number of hydrogen-bond acceptors (Lipinski definition) is 3. The van der Waals surface area contributed by atoms with E-state index in [9.17, 15) is 5.21 Å². The molecule has 0 saturated carbocycles. The summed E-state index contributed by atoms with van der Waals surface area (Å²) >= 11 is 13.5. The second-order valence-electron chi connectivity index (χ2n) is 8.95. The summed E-state index contributed by atoms with van der Waals surface area (Å²) in [6, 6.07) is 27.3. The first kappa shape index (κ1) is 21.5. The van der Waals surface area contributed by atoms with Crippen molar-refractivity contribution in [3.05, 3.63) is 106 Å². The number of nitrogens with zero attached hydrogens (tertiary/aromatic N) is 2. The van der Waals surface area contributed by atoms with E-state index in [0.717, 1.165) is 46.9 Å². The highest BCUT2D eigenvalue weighted by molar-refractivity contribution is 6.32. The van der Waals surface area contributed by atoms with Crippen LogP contribution in [0.25, 0.3) is 0 Å². The van der Waals surface area contributed by atoms with Gasteiger partial charge in [0.2, 0.25) is 0 Å². The molecule has 2 saturated heterocycles. The summed E-state index contributed by atoms with van der Waals surface area (Å²) in [5, 5.41) is 14.6. The molecule has 0 amide bonds. The molecule has 2 atom stereocenters. The Hall–Kier alpha value is -2.33. The van der Waals surface area contributed by atoms with Crippen molar-refractivity contribution >= 4 is 29.4 Å². The van der Waals surface area contributed by atoms with Crippen LogP contribution in [0.15, 0.2) is 84.0 Å². The van der Waals surface area contributed by atoms with Gasteiger partial charge in [0.1, 0.15) is 0 Å². The highest BCUT2D eigenvalue weighted by Gasteiger charge is 2.51. The van der Waals surface area contributed by atoms with Crippen molar-refractivity contribution in [2.24, 2.45) is 5.16 Å². The third kappa shape index (κ3) is 3.73. The van der Waals surface area contributed by atoms with E-state index < -0.39 is 0 Å². The van der Waals surface area contributed by atoms with Gasteiger partial charge in [0.15, 0.2) is 0 Å². The van der Waals surface area contributed by atoms with E-state index in [-0.39, 0.29) is 11.5 Å². The molecule has 0 aliphatic carbocycles. The molecule has 5 heteroatoms. The molecule has 0 radical (unpaired) electrons. The topological polar surface area (TPSA) is 35.8 Å². The quantitative estimate of drug-likeness (QED) is 0.248. The van der Waals surface area contributed by atoms with Crippen LogP contribution in [0.5, 0.6) is 0 Å². The molecule has 2 bridgehead atoms. The standard InChI is InChI=1S/C27H26Cl2N2O/c28-24-12-6-4-10-22(24)26(23-11-5-7-13-25(23)29)31-20-14-15-21(31)17-27(16-20,18-30-32)19-8-2-1-3-9-19/h1-13,18,20-21,26,32H,14-17H2/b30-18+. The Morgan fingerprint density at radius 2 is 1.31 bits per heavy atom. The largest absolute Gasteiger partial charge is 0.411 e. The summed E-state index contributed by atoms with van der Waals surface area (Å²) in [5.74, 6) is 0. The lowest BCUT2D eigenvalue weighted by molar-refractivity contribution is 0.0791. The van der Waals surface area contributed by atoms with Gasteiger partial charge in [-0.1, -0.05) is 89.9 Å². The average molecular weight is 465 g/mol. The molecule has 0 aromatic heterocycles. The lowest BCUT2D eigenvalue weighted by Gasteiger charge is -2.48. The number of fused-ring (bicyclic) bond motifs is 2. The molecular formula is C27H26Cl2N2O. The van der Waals surface area contributed by atoms with Crippen molar-refractivity contribution < 1.29 is 5.21 Å². The molecule has 3 aromatic carbocycles. The van der Waals surface area contributed by atoms with Crippen LogP contribution >= 0.6 is 23.2 Å². The predicted molar refractivity (Wildman–Crippen MR) is 131 cm³/mol. The lowest BCUT2D eigenvalue weighted by atomic mass is 9.70. The Kier molecular flexibility index (Phi) is 5.98. The molecule has 3 aromatic rings. The van der Waals surface area contributed by atoms with E-state index in [1.54, 1.807) is 6.21 Å². The second kappa shape index (κ2) is 8.90. The number of benzene rings is 3. The summed E-state index contributed by atoms with van der Waals surface area (Å²) in [4.78, 5) is 2.62. The zero-order valence-electron chi connectivity index (χ0n) is 17.7. The minimum Gasteiger partial charge on any atom is -0.411 e. The van der Waals surface area contributed by atoms with Crippen molar-refractivity contribution in [1.82, 2.24) is 4.90 Å². The monoisotopic (exact) mass is 464 g/mol. The summed E-state index contributed by atoms with van der Waals surface area (Å²) in [6.45, 7) is 0. The van der Waals surface area contributed by atoms with E-state index in [1.807, 2.05) is 42.5 Å². The summed E-state index contributed by atoms with van der Waals surface area (Å²) in [7, 11) is 0. The van der Waals surface area contributed by atoms with E-state index >= 15 is 0 Å². The van der Waals surface area contributed by atoms with Crippen LogP contribution in [-0.4, -0.2) is 28.4 Å². The SMILES string of the molecule is O/N=C/C1(c2ccccc2)CC2CCC(C1)N2C(c1ccccc1Cl)c1ccccc1Cl. The minimum absolute atomic E-state index is 0.0188. The molecule has 32 heavy (non-hydrogen) atoms. The Bertz CT molecular complexity index is 1060. The molecule has 0 spiro atoms. The Labute approximate surface area is 199 Å². The first-order valence-corrected chi connectivity index (χ1v) is 11.9. The maximum atomic E-state index is 9.56. The zero-order valence-corrected chi connectivity index (χ0v) is 19.3. The first-order valence-electron chi connectivity index (χ1n) is 11.1. The maximum absolute atomic E-state index is 9.56. The van der Waals surface area contributed by atoms with Crippen molar-refractivity contribution in [2.75, 3.05) is 0 Å². The second-order valence-corrected chi connectivity index (χ2v) is 9.77. The van der Waals surface area contributed by atoms with Gasteiger partial charge in [-0.15, -0.1) is 5.16 Å². The van der Waals surface area contributed by atoms with Crippen LogP contribution in [0.2, 0.25) is 10.0 Å². The van der Waals surface area contributed by atoms with Gasteiger partial charge in [-0.2, -0.15) is 0 Å². The van der Waals surface area contributed by atoms with Crippen LogP contribution in [0.1, 0.15) is 48.4 Å². The summed E-state index contributed by atoms with van der Waals surface area (Å²) < 4.78 is 0. The fraction of sp³-hybridized carbons (Fsp3) is 0.296. The molecular weight excluding hydrogens is 439 g/mol. The molecule has 2 aliphatic heterocycles. The fourth-order valence-corrected chi connectivity index (χ4v) is 6.40. The molecule has 164 valence electrons. The van der Waals surface area contributed by atoms with E-state index in [4.69, 9.17) is 23.2 Å².